The number of aromatic nitrogens is 1. The summed E-state index contributed by atoms with van der Waals surface area (Å²) in [6.45, 7) is 2.53. The van der Waals surface area contributed by atoms with Crippen molar-refractivity contribution < 1.29 is 4.74 Å². The van der Waals surface area contributed by atoms with E-state index in [0.717, 1.165) is 22.6 Å². The molecule has 0 spiro atoms. The number of ether oxygens (including phenoxy) is 1. The zero-order valence-electron chi connectivity index (χ0n) is 10.6. The van der Waals surface area contributed by atoms with Crippen LogP contribution >= 0.6 is 0 Å². The molecule has 0 aliphatic rings. The van der Waals surface area contributed by atoms with Gasteiger partial charge in [0.15, 0.2) is 0 Å². The topological polar surface area (TPSA) is 60.2 Å². The van der Waals surface area contributed by atoms with Crippen LogP contribution in [0.15, 0.2) is 36.5 Å². The second-order valence-electron chi connectivity index (χ2n) is 4.14. The van der Waals surface area contributed by atoms with Crippen LogP contribution in [0, 0.1) is 6.92 Å². The molecule has 2 rings (SSSR count). The Morgan fingerprint density at radius 3 is 2.83 bits per heavy atom. The molecule has 0 saturated carbocycles. The third-order valence-electron chi connectivity index (χ3n) is 2.73. The maximum absolute atomic E-state index is 5.75. The highest BCUT2D eigenvalue weighted by atomic mass is 16.5. The molecule has 3 N–H and O–H groups in total. The van der Waals surface area contributed by atoms with E-state index in [2.05, 4.69) is 10.3 Å². The van der Waals surface area contributed by atoms with Crippen molar-refractivity contribution in [3.05, 3.63) is 47.7 Å². The quantitative estimate of drug-likeness (QED) is 0.866. The minimum Gasteiger partial charge on any atom is -0.397 e. The van der Waals surface area contributed by atoms with Crippen LogP contribution in [0.25, 0.3) is 0 Å². The summed E-state index contributed by atoms with van der Waals surface area (Å²) in [5.41, 5.74) is 9.55. The number of benzene rings is 1. The SMILES string of the molecule is COCc1ccccc1Nc1cc(C)c(N)cn1. The lowest BCUT2D eigenvalue weighted by Gasteiger charge is -2.11. The van der Waals surface area contributed by atoms with Crippen molar-refractivity contribution in [2.75, 3.05) is 18.2 Å². The van der Waals surface area contributed by atoms with Gasteiger partial charge in [-0.05, 0) is 24.6 Å². The van der Waals surface area contributed by atoms with Crippen LogP contribution in [0.4, 0.5) is 17.2 Å². The van der Waals surface area contributed by atoms with Gasteiger partial charge in [-0.3, -0.25) is 0 Å². The molecule has 0 aliphatic heterocycles. The Bertz CT molecular complexity index is 540. The Kier molecular flexibility index (Phi) is 3.79. The van der Waals surface area contributed by atoms with Gasteiger partial charge in [-0.2, -0.15) is 0 Å². The summed E-state index contributed by atoms with van der Waals surface area (Å²) in [6, 6.07) is 9.92. The van der Waals surface area contributed by atoms with E-state index in [0.29, 0.717) is 12.3 Å². The van der Waals surface area contributed by atoms with Gasteiger partial charge < -0.3 is 15.8 Å². The van der Waals surface area contributed by atoms with E-state index in [4.69, 9.17) is 10.5 Å². The smallest absolute Gasteiger partial charge is 0.130 e. The maximum atomic E-state index is 5.75. The standard InChI is InChI=1S/C14H17N3O/c1-10-7-14(16-8-12(10)15)17-13-6-4-3-5-11(13)9-18-2/h3-8H,9,15H2,1-2H3,(H,16,17). The van der Waals surface area contributed by atoms with Gasteiger partial charge in [-0.15, -0.1) is 0 Å². The summed E-state index contributed by atoms with van der Waals surface area (Å²) in [7, 11) is 1.68. The number of nitrogen functional groups attached to an aromatic ring is 1. The number of rotatable bonds is 4. The van der Waals surface area contributed by atoms with Gasteiger partial charge in [0.25, 0.3) is 0 Å². The normalized spacial score (nSPS) is 10.3. The summed E-state index contributed by atoms with van der Waals surface area (Å²) in [5, 5.41) is 3.28. The number of para-hydroxylation sites is 1. The minimum atomic E-state index is 0.567. The van der Waals surface area contributed by atoms with E-state index in [1.807, 2.05) is 37.3 Å². The molecule has 1 aromatic heterocycles. The molecule has 0 bridgehead atoms. The molecule has 18 heavy (non-hydrogen) atoms. The van der Waals surface area contributed by atoms with E-state index in [1.54, 1.807) is 13.3 Å². The first-order chi connectivity index (χ1) is 8.70. The minimum absolute atomic E-state index is 0.567. The summed E-state index contributed by atoms with van der Waals surface area (Å²) >= 11 is 0. The van der Waals surface area contributed by atoms with Crippen LogP contribution in [0.1, 0.15) is 11.1 Å². The van der Waals surface area contributed by atoms with E-state index >= 15 is 0 Å². The zero-order chi connectivity index (χ0) is 13.0. The van der Waals surface area contributed by atoms with Gasteiger partial charge in [0, 0.05) is 18.4 Å². The summed E-state index contributed by atoms with van der Waals surface area (Å²) < 4.78 is 5.17. The molecule has 4 heteroatoms. The molecule has 0 saturated heterocycles. The van der Waals surface area contributed by atoms with E-state index in [1.165, 1.54) is 0 Å². The van der Waals surface area contributed by atoms with Gasteiger partial charge in [0.1, 0.15) is 5.82 Å². The van der Waals surface area contributed by atoms with Crippen LogP contribution in [-0.4, -0.2) is 12.1 Å². The third kappa shape index (κ3) is 2.78. The maximum Gasteiger partial charge on any atom is 0.130 e. The van der Waals surface area contributed by atoms with E-state index in [9.17, 15) is 0 Å². The number of methoxy groups -OCH3 is 1. The Morgan fingerprint density at radius 2 is 2.11 bits per heavy atom. The average molecular weight is 243 g/mol. The lowest BCUT2D eigenvalue weighted by atomic mass is 10.2. The molecule has 94 valence electrons. The van der Waals surface area contributed by atoms with Crippen LogP contribution in [-0.2, 0) is 11.3 Å². The molecule has 1 aromatic carbocycles. The number of nitrogens with zero attached hydrogens (tertiary/aromatic N) is 1. The summed E-state index contributed by atoms with van der Waals surface area (Å²) in [6.07, 6.45) is 1.66. The average Bonchev–Trinajstić information content (AvgIpc) is 2.37. The Labute approximate surface area is 107 Å². The molecule has 2 aromatic rings. The number of nitrogens with one attached hydrogen (secondary N) is 1. The van der Waals surface area contributed by atoms with Crippen LogP contribution in [0.2, 0.25) is 0 Å². The second kappa shape index (κ2) is 5.51. The fourth-order valence-electron chi connectivity index (χ4n) is 1.70. The van der Waals surface area contributed by atoms with Crippen molar-refractivity contribution in [1.29, 1.82) is 0 Å². The monoisotopic (exact) mass is 243 g/mol. The van der Waals surface area contributed by atoms with Crippen LogP contribution in [0.5, 0.6) is 0 Å². The van der Waals surface area contributed by atoms with Crippen molar-refractivity contribution in [2.24, 2.45) is 0 Å². The van der Waals surface area contributed by atoms with Crippen LogP contribution < -0.4 is 11.1 Å². The first kappa shape index (κ1) is 12.4. The van der Waals surface area contributed by atoms with Gasteiger partial charge in [-0.25, -0.2) is 4.98 Å². The number of hydrogen-bond donors (Lipinski definition) is 2. The van der Waals surface area contributed by atoms with Crippen LogP contribution in [0.3, 0.4) is 0 Å². The lowest BCUT2D eigenvalue weighted by Crippen LogP contribution is -2.00. The highest BCUT2D eigenvalue weighted by Gasteiger charge is 2.03. The number of aryl methyl sites for hydroxylation is 1. The number of pyridine rings is 1. The number of nitrogens with two attached hydrogens (primary N) is 1. The van der Waals surface area contributed by atoms with Crippen molar-refractivity contribution in [3.8, 4) is 0 Å². The largest absolute Gasteiger partial charge is 0.397 e. The molecule has 0 unspecified atom stereocenters. The Hall–Kier alpha value is -2.07. The molecule has 4 nitrogen and oxygen atoms in total. The molecular weight excluding hydrogens is 226 g/mol. The Balaban J connectivity index is 2.25. The van der Waals surface area contributed by atoms with E-state index in [-0.39, 0.29) is 0 Å². The first-order valence-corrected chi connectivity index (χ1v) is 5.76. The second-order valence-corrected chi connectivity index (χ2v) is 4.14. The van der Waals surface area contributed by atoms with Crippen molar-refractivity contribution in [2.45, 2.75) is 13.5 Å². The third-order valence-corrected chi connectivity index (χ3v) is 2.73. The van der Waals surface area contributed by atoms with E-state index < -0.39 is 0 Å². The Morgan fingerprint density at radius 1 is 1.33 bits per heavy atom. The van der Waals surface area contributed by atoms with Crippen molar-refractivity contribution in [1.82, 2.24) is 4.98 Å². The highest BCUT2D eigenvalue weighted by molar-refractivity contribution is 5.62. The number of hydrogen-bond acceptors (Lipinski definition) is 4. The zero-order valence-corrected chi connectivity index (χ0v) is 10.6. The van der Waals surface area contributed by atoms with Crippen molar-refractivity contribution in [3.63, 3.8) is 0 Å². The molecular formula is C14H17N3O. The van der Waals surface area contributed by atoms with Gasteiger partial charge in [0.05, 0.1) is 18.5 Å². The van der Waals surface area contributed by atoms with Gasteiger partial charge >= 0.3 is 0 Å². The first-order valence-electron chi connectivity index (χ1n) is 5.76. The molecule has 0 amide bonds. The fourth-order valence-corrected chi connectivity index (χ4v) is 1.70. The summed E-state index contributed by atoms with van der Waals surface area (Å²) in [4.78, 5) is 4.26. The molecule has 0 atom stereocenters. The molecule has 0 aliphatic carbocycles. The van der Waals surface area contributed by atoms with Gasteiger partial charge in [-0.1, -0.05) is 18.2 Å². The molecule has 1 heterocycles. The lowest BCUT2D eigenvalue weighted by molar-refractivity contribution is 0.185. The van der Waals surface area contributed by atoms with Gasteiger partial charge in [0.2, 0.25) is 0 Å². The summed E-state index contributed by atoms with van der Waals surface area (Å²) in [5.74, 6) is 0.783. The molecule has 0 fully saturated rings. The number of anilines is 3. The predicted molar refractivity (Wildman–Crippen MR) is 73.8 cm³/mol. The predicted octanol–water partition coefficient (Wildman–Crippen LogP) is 2.86. The fraction of sp³-hybridized carbons (Fsp3) is 0.214. The van der Waals surface area contributed by atoms with Crippen molar-refractivity contribution >= 4 is 17.2 Å². The molecule has 0 radical (unpaired) electrons. The highest BCUT2D eigenvalue weighted by Crippen LogP contribution is 2.22.